The fraction of sp³-hybridized carbons (Fsp3) is 0.391. The molecule has 0 spiro atoms. The van der Waals surface area contributed by atoms with E-state index in [1.807, 2.05) is 90.9 Å². The second-order valence-electron chi connectivity index (χ2n) is 23.6. The van der Waals surface area contributed by atoms with E-state index < -0.39 is 11.4 Å². The summed E-state index contributed by atoms with van der Waals surface area (Å²) in [5.41, 5.74) is 10.6. The van der Waals surface area contributed by atoms with Crippen LogP contribution in [0, 0.1) is 63.0 Å². The molecular formula is C64H69F2N9O6. The molecule has 0 unspecified atom stereocenters. The Hall–Kier alpha value is -8.21. The maximum absolute atomic E-state index is 14.1. The van der Waals surface area contributed by atoms with Crippen molar-refractivity contribution in [1.82, 2.24) is 34.1 Å². The summed E-state index contributed by atoms with van der Waals surface area (Å²) in [6.07, 6.45) is 12.8. The quantitative estimate of drug-likeness (QED) is 0.0782. The number of fused-ring (bicyclic) bond motifs is 2. The fourth-order valence-corrected chi connectivity index (χ4v) is 10.3. The van der Waals surface area contributed by atoms with E-state index in [-0.39, 0.29) is 35.3 Å². The summed E-state index contributed by atoms with van der Waals surface area (Å²) in [6, 6.07) is 24.2. The number of aromatic nitrogens is 6. The minimum Gasteiger partial charge on any atom is -0.444 e. The number of ether oxygens (including phenoxy) is 3. The number of nitrogens with one attached hydrogen (secondary N) is 2. The molecule has 1 amide bonds. The first-order chi connectivity index (χ1) is 38.9. The summed E-state index contributed by atoms with van der Waals surface area (Å²) in [4.78, 5) is 49.0. The molecule has 4 aliphatic rings. The number of likely N-dealkylation sites (tertiary alicyclic amines) is 1. The lowest BCUT2D eigenvalue weighted by molar-refractivity contribution is 0.000822. The number of carbonyl (C=O) groups excluding carboxylic acids is 3. The molecule has 0 radical (unpaired) electrons. The van der Waals surface area contributed by atoms with E-state index in [2.05, 4.69) is 20.6 Å². The predicted octanol–water partition coefficient (Wildman–Crippen LogP) is 14.3. The lowest BCUT2D eigenvalue weighted by atomic mass is 9.85. The van der Waals surface area contributed by atoms with E-state index in [1.54, 1.807) is 44.5 Å². The molecule has 3 saturated carbocycles. The van der Waals surface area contributed by atoms with Gasteiger partial charge in [-0.1, -0.05) is 42.8 Å². The highest BCUT2D eigenvalue weighted by atomic mass is 19.1. The maximum atomic E-state index is 14.1. The van der Waals surface area contributed by atoms with Gasteiger partial charge in [0.15, 0.2) is 22.9 Å². The first-order valence-electron chi connectivity index (χ1n) is 28.3. The Bertz CT molecular complexity index is 3700. The van der Waals surface area contributed by atoms with Crippen LogP contribution in [0.3, 0.4) is 0 Å². The molecule has 0 bridgehead atoms. The number of anilines is 2. The number of amides is 1. The first-order valence-corrected chi connectivity index (χ1v) is 28.3. The molecule has 1 saturated heterocycles. The van der Waals surface area contributed by atoms with Crippen molar-refractivity contribution in [3.8, 4) is 45.8 Å². The molecule has 15 nitrogen and oxygen atoms in total. The van der Waals surface area contributed by atoms with Crippen LogP contribution in [-0.2, 0) is 4.74 Å². The smallest absolute Gasteiger partial charge is 0.410 e. The first kappa shape index (κ1) is 54.7. The Morgan fingerprint density at radius 3 is 1.43 bits per heavy atom. The Balaban J connectivity index is 0.000000173. The molecule has 0 atom stereocenters. The predicted molar refractivity (Wildman–Crippen MR) is 308 cm³/mol. The third-order valence-electron chi connectivity index (χ3n) is 15.6. The molecule has 17 heteroatoms. The zero-order valence-corrected chi connectivity index (χ0v) is 47.1. The molecule has 81 heavy (non-hydrogen) atoms. The Morgan fingerprint density at radius 2 is 1.02 bits per heavy atom. The SMILES string of the molecule is Cc1ccc(F)cc1Oc1cc(NCC2CCC2)c2ncc(-c3ccc(C(=O)CC4CC4)c(C)c3)n2n1.Cc1ccc(F)cc1Oc1cc(NCC2CN(C(=O)OC(C)(C)C)C2)c2ncc(-c3ccc(C(=O)CC4CC4)c(C)c3)n2n1. The summed E-state index contributed by atoms with van der Waals surface area (Å²) in [5, 5.41) is 16.5. The molecule has 3 aliphatic carbocycles. The molecule has 2 N–H and O–H groups in total. The van der Waals surface area contributed by atoms with Crippen molar-refractivity contribution in [2.75, 3.05) is 36.8 Å². The molecule has 420 valence electrons. The number of ketones is 2. The maximum Gasteiger partial charge on any atom is 0.410 e. The lowest BCUT2D eigenvalue weighted by Crippen LogP contribution is -2.53. The Morgan fingerprint density at radius 1 is 0.568 bits per heavy atom. The zero-order chi connectivity index (χ0) is 56.7. The lowest BCUT2D eigenvalue weighted by Gasteiger charge is -2.39. The second kappa shape index (κ2) is 22.7. The number of hydrogen-bond donors (Lipinski definition) is 2. The van der Waals surface area contributed by atoms with Crippen LogP contribution in [0.15, 0.2) is 97.3 Å². The van der Waals surface area contributed by atoms with Crippen molar-refractivity contribution in [3.63, 3.8) is 0 Å². The van der Waals surface area contributed by atoms with Crippen molar-refractivity contribution >= 4 is 40.3 Å². The third-order valence-corrected chi connectivity index (χ3v) is 15.6. The van der Waals surface area contributed by atoms with Crippen LogP contribution in [0.2, 0.25) is 0 Å². The number of imidazole rings is 2. The van der Waals surface area contributed by atoms with Crippen LogP contribution < -0.4 is 20.1 Å². The van der Waals surface area contributed by atoms with Gasteiger partial charge in [0.1, 0.15) is 28.7 Å². The highest BCUT2D eigenvalue weighted by molar-refractivity contribution is 5.99. The van der Waals surface area contributed by atoms with Gasteiger partial charge in [-0.05, 0) is 151 Å². The molecule has 12 rings (SSSR count). The van der Waals surface area contributed by atoms with E-state index >= 15 is 0 Å². The molecule has 4 fully saturated rings. The number of carbonyl (C=O) groups is 3. The van der Waals surface area contributed by atoms with Crippen LogP contribution in [0.4, 0.5) is 25.0 Å². The summed E-state index contributed by atoms with van der Waals surface area (Å²) >= 11 is 0. The third kappa shape index (κ3) is 12.9. The van der Waals surface area contributed by atoms with Gasteiger partial charge in [-0.25, -0.2) is 32.6 Å². The van der Waals surface area contributed by atoms with E-state index in [4.69, 9.17) is 24.4 Å². The van der Waals surface area contributed by atoms with E-state index in [0.29, 0.717) is 84.6 Å². The average molecular weight is 1100 g/mol. The van der Waals surface area contributed by atoms with Gasteiger partial charge in [-0.15, -0.1) is 10.2 Å². The second-order valence-corrected chi connectivity index (χ2v) is 23.6. The molecule has 4 aromatic carbocycles. The van der Waals surface area contributed by atoms with Gasteiger partial charge >= 0.3 is 6.09 Å². The van der Waals surface area contributed by atoms with Gasteiger partial charge in [0.2, 0.25) is 11.8 Å². The van der Waals surface area contributed by atoms with Crippen molar-refractivity contribution < 1.29 is 37.4 Å². The summed E-state index contributed by atoms with van der Waals surface area (Å²) in [5.74, 6) is 3.00. The number of nitrogens with zero attached hydrogens (tertiary/aromatic N) is 7. The van der Waals surface area contributed by atoms with Crippen LogP contribution in [0.5, 0.6) is 23.3 Å². The summed E-state index contributed by atoms with van der Waals surface area (Å²) in [6.45, 7) is 15.8. The van der Waals surface area contributed by atoms with Gasteiger partial charge in [-0.3, -0.25) is 9.59 Å². The number of aryl methyl sites for hydroxylation is 4. The van der Waals surface area contributed by atoms with Crippen LogP contribution in [-0.4, -0.2) is 83.5 Å². The standard InChI is InChI=1S/C34H38FN5O4.C30H31FN4O2/c1-20-6-10-25(35)14-30(20)43-31-15-27(36-16-23-18-39(19-23)33(42)44-34(3,4)5)32-37-17-28(40(32)38-31)24-9-11-26(21(2)12-24)29(41)13-22-7-8-22;1-18-6-10-23(31)14-28(18)37-29-15-25(32-16-21-4-3-5-21)30-33-17-26(35(30)34-29)22-9-11-24(19(2)12-22)27(36)13-20-7-8-20/h6,9-12,14-15,17,22-23,36H,7-8,13,16,18-19H2,1-5H3;6,9-12,14-15,17,20-21,32H,3-5,7-8,13,16H2,1-2H3. The van der Waals surface area contributed by atoms with Crippen molar-refractivity contribution in [1.29, 1.82) is 0 Å². The minimum absolute atomic E-state index is 0.182. The summed E-state index contributed by atoms with van der Waals surface area (Å²) in [7, 11) is 0. The highest BCUT2D eigenvalue weighted by Gasteiger charge is 2.34. The van der Waals surface area contributed by atoms with Crippen molar-refractivity contribution in [3.05, 3.63) is 142 Å². The van der Waals surface area contributed by atoms with Gasteiger partial charge in [0.05, 0.1) is 35.2 Å². The molecule has 5 heterocycles. The van der Waals surface area contributed by atoms with Gasteiger partial charge in [0, 0.05) is 91.5 Å². The van der Waals surface area contributed by atoms with Crippen LogP contribution >= 0.6 is 0 Å². The molecule has 1 aliphatic heterocycles. The zero-order valence-electron chi connectivity index (χ0n) is 47.1. The summed E-state index contributed by atoms with van der Waals surface area (Å²) < 4.78 is 49.1. The van der Waals surface area contributed by atoms with E-state index in [9.17, 15) is 23.2 Å². The van der Waals surface area contributed by atoms with Crippen molar-refractivity contribution in [2.24, 2.45) is 23.7 Å². The average Bonchev–Trinajstić information content (AvgIpc) is 4.35. The molecular weight excluding hydrogens is 1030 g/mol. The van der Waals surface area contributed by atoms with Gasteiger partial charge < -0.3 is 29.7 Å². The topological polar surface area (TPSA) is 167 Å². The monoisotopic (exact) mass is 1100 g/mol. The van der Waals surface area contributed by atoms with Crippen LogP contribution in [0.1, 0.15) is 122 Å². The number of rotatable bonds is 18. The van der Waals surface area contributed by atoms with E-state index in [1.165, 1.54) is 43.5 Å². The molecule has 4 aromatic heterocycles. The van der Waals surface area contributed by atoms with Gasteiger partial charge in [-0.2, -0.15) is 0 Å². The fourth-order valence-electron chi connectivity index (χ4n) is 10.3. The largest absolute Gasteiger partial charge is 0.444 e. The number of hydrogen-bond acceptors (Lipinski definition) is 12. The highest BCUT2D eigenvalue weighted by Crippen LogP contribution is 2.38. The van der Waals surface area contributed by atoms with Crippen molar-refractivity contribution in [2.45, 2.75) is 112 Å². The number of Topliss-reactive ketones (excluding diaryl/α,β-unsaturated/α-hetero) is 2. The number of benzene rings is 4. The normalized spacial score (nSPS) is 15.4. The Labute approximate surface area is 470 Å². The number of halogens is 2. The molecule has 8 aromatic rings. The van der Waals surface area contributed by atoms with Crippen LogP contribution in [0.25, 0.3) is 33.8 Å². The van der Waals surface area contributed by atoms with Gasteiger partial charge in [0.25, 0.3) is 0 Å². The van der Waals surface area contributed by atoms with E-state index in [0.717, 1.165) is 93.8 Å². The Kier molecular flexibility index (Phi) is 15.4. The minimum atomic E-state index is -0.539.